The second kappa shape index (κ2) is 6.22. The van der Waals surface area contributed by atoms with Crippen LogP contribution < -0.4 is 0 Å². The number of ketones is 1. The number of Topliss-reactive ketones (excluding diaryl/α,β-unsaturated/α-hetero) is 1. The van der Waals surface area contributed by atoms with Crippen LogP contribution in [0.1, 0.15) is 17.3 Å². The van der Waals surface area contributed by atoms with Gasteiger partial charge in [0.1, 0.15) is 5.82 Å². The lowest BCUT2D eigenvalue weighted by atomic mass is 10.1. The Labute approximate surface area is 120 Å². The molecule has 0 amide bonds. The van der Waals surface area contributed by atoms with Crippen LogP contribution in [-0.2, 0) is 0 Å². The van der Waals surface area contributed by atoms with Gasteiger partial charge in [-0.3, -0.25) is 4.79 Å². The number of rotatable bonds is 4. The monoisotopic (exact) mass is 294 g/mol. The lowest BCUT2D eigenvalue weighted by Crippen LogP contribution is -2.13. The molecular weight excluding hydrogens is 283 g/mol. The van der Waals surface area contributed by atoms with Crippen LogP contribution >= 0.6 is 23.4 Å². The van der Waals surface area contributed by atoms with Gasteiger partial charge in [-0.2, -0.15) is 0 Å². The van der Waals surface area contributed by atoms with Crippen molar-refractivity contribution in [1.29, 1.82) is 0 Å². The minimum Gasteiger partial charge on any atom is -0.293 e. The maximum absolute atomic E-state index is 12.8. The molecule has 1 atom stereocenters. The van der Waals surface area contributed by atoms with E-state index in [1.165, 1.54) is 36.0 Å². The van der Waals surface area contributed by atoms with E-state index in [0.29, 0.717) is 10.6 Å². The average Bonchev–Trinajstić information content (AvgIpc) is 2.41. The lowest BCUT2D eigenvalue weighted by molar-refractivity contribution is 0.0994. The van der Waals surface area contributed by atoms with Gasteiger partial charge >= 0.3 is 0 Å². The summed E-state index contributed by atoms with van der Waals surface area (Å²) >= 11 is 7.27. The number of carbonyl (C=O) groups is 1. The molecule has 0 bridgehead atoms. The molecule has 0 heterocycles. The Morgan fingerprint density at radius 2 is 1.68 bits per heavy atom. The Bertz CT molecular complexity index is 566. The van der Waals surface area contributed by atoms with Crippen molar-refractivity contribution < 1.29 is 9.18 Å². The summed E-state index contributed by atoms with van der Waals surface area (Å²) < 4.78 is 12.8. The highest BCUT2D eigenvalue weighted by molar-refractivity contribution is 8.00. The molecule has 2 aromatic rings. The van der Waals surface area contributed by atoms with Gasteiger partial charge in [-0.1, -0.05) is 11.6 Å². The molecule has 1 nitrogen and oxygen atoms in total. The van der Waals surface area contributed by atoms with Gasteiger partial charge in [0.15, 0.2) is 5.78 Å². The van der Waals surface area contributed by atoms with E-state index in [0.717, 1.165) is 4.90 Å². The van der Waals surface area contributed by atoms with Gasteiger partial charge in [0.25, 0.3) is 0 Å². The van der Waals surface area contributed by atoms with E-state index in [1.54, 1.807) is 12.1 Å². The first-order chi connectivity index (χ1) is 9.06. The molecule has 0 aliphatic carbocycles. The molecule has 4 heteroatoms. The molecule has 0 spiro atoms. The number of carbonyl (C=O) groups excluding carboxylic acids is 1. The third-order valence-electron chi connectivity index (χ3n) is 2.62. The van der Waals surface area contributed by atoms with Crippen molar-refractivity contribution in [3.8, 4) is 0 Å². The van der Waals surface area contributed by atoms with E-state index in [1.807, 2.05) is 19.1 Å². The standard InChI is InChI=1S/C15H12ClFOS/c1-10(19-14-8-4-12(16)5-9-14)15(18)11-2-6-13(17)7-3-11/h2-10H,1H3. The molecule has 0 N–H and O–H groups in total. The summed E-state index contributed by atoms with van der Waals surface area (Å²) in [4.78, 5) is 13.1. The van der Waals surface area contributed by atoms with Gasteiger partial charge in [0, 0.05) is 15.5 Å². The van der Waals surface area contributed by atoms with Crippen molar-refractivity contribution in [3.05, 3.63) is 64.9 Å². The number of halogens is 2. The normalized spacial score (nSPS) is 12.2. The third kappa shape index (κ3) is 3.82. The Morgan fingerprint density at radius 3 is 2.26 bits per heavy atom. The highest BCUT2D eigenvalue weighted by atomic mass is 35.5. The maximum atomic E-state index is 12.8. The number of thioether (sulfide) groups is 1. The van der Waals surface area contributed by atoms with E-state index < -0.39 is 0 Å². The molecule has 0 saturated heterocycles. The van der Waals surface area contributed by atoms with Gasteiger partial charge in [-0.25, -0.2) is 4.39 Å². The largest absolute Gasteiger partial charge is 0.293 e. The van der Waals surface area contributed by atoms with Crippen LogP contribution in [0.5, 0.6) is 0 Å². The van der Waals surface area contributed by atoms with Gasteiger partial charge in [-0.05, 0) is 55.5 Å². The van der Waals surface area contributed by atoms with Gasteiger partial charge in [-0.15, -0.1) is 11.8 Å². The molecule has 98 valence electrons. The Hall–Kier alpha value is -1.32. The zero-order valence-corrected chi connectivity index (χ0v) is 11.8. The van der Waals surface area contributed by atoms with E-state index in [-0.39, 0.29) is 16.9 Å². The fraction of sp³-hybridized carbons (Fsp3) is 0.133. The highest BCUT2D eigenvalue weighted by Crippen LogP contribution is 2.26. The van der Waals surface area contributed by atoms with Crippen molar-refractivity contribution >= 4 is 29.1 Å². The minimum atomic E-state index is -0.338. The van der Waals surface area contributed by atoms with Gasteiger partial charge in [0.05, 0.1) is 5.25 Å². The predicted octanol–water partition coefficient (Wildman–Crippen LogP) is 4.84. The van der Waals surface area contributed by atoms with Crippen LogP contribution in [0.15, 0.2) is 53.4 Å². The predicted molar refractivity (Wildman–Crippen MR) is 77.5 cm³/mol. The van der Waals surface area contributed by atoms with Crippen LogP contribution in [0.3, 0.4) is 0 Å². The number of hydrogen-bond donors (Lipinski definition) is 0. The SMILES string of the molecule is CC(Sc1ccc(Cl)cc1)C(=O)c1ccc(F)cc1. The third-order valence-corrected chi connectivity index (χ3v) is 3.99. The summed E-state index contributed by atoms with van der Waals surface area (Å²) in [5, 5.41) is 0.438. The molecule has 1 unspecified atom stereocenters. The second-order valence-electron chi connectivity index (χ2n) is 4.09. The van der Waals surface area contributed by atoms with Crippen LogP contribution in [0.2, 0.25) is 5.02 Å². The molecule has 0 aliphatic heterocycles. The topological polar surface area (TPSA) is 17.1 Å². The Morgan fingerprint density at radius 1 is 1.11 bits per heavy atom. The summed E-state index contributed by atoms with van der Waals surface area (Å²) in [6.45, 7) is 1.84. The molecule has 2 rings (SSSR count). The lowest BCUT2D eigenvalue weighted by Gasteiger charge is -2.10. The summed E-state index contributed by atoms with van der Waals surface area (Å²) in [7, 11) is 0. The van der Waals surface area contributed by atoms with Crippen molar-refractivity contribution in [1.82, 2.24) is 0 Å². The first-order valence-electron chi connectivity index (χ1n) is 5.78. The summed E-state index contributed by atoms with van der Waals surface area (Å²) in [5.74, 6) is -0.352. The van der Waals surface area contributed by atoms with Crippen molar-refractivity contribution in [2.24, 2.45) is 0 Å². The van der Waals surface area contributed by atoms with E-state index in [2.05, 4.69) is 0 Å². The van der Waals surface area contributed by atoms with E-state index >= 15 is 0 Å². The quantitative estimate of drug-likeness (QED) is 0.593. The van der Waals surface area contributed by atoms with Crippen LogP contribution in [-0.4, -0.2) is 11.0 Å². The van der Waals surface area contributed by atoms with Gasteiger partial charge in [0.2, 0.25) is 0 Å². The molecule has 19 heavy (non-hydrogen) atoms. The summed E-state index contributed by atoms with van der Waals surface area (Å²) in [5.41, 5.74) is 0.523. The van der Waals surface area contributed by atoms with Crippen LogP contribution in [0.25, 0.3) is 0 Å². The fourth-order valence-corrected chi connectivity index (χ4v) is 2.69. The summed E-state index contributed by atoms with van der Waals surface area (Å²) in [6.07, 6.45) is 0. The zero-order valence-electron chi connectivity index (χ0n) is 10.3. The Balaban J connectivity index is 2.07. The minimum absolute atomic E-state index is 0.0139. The van der Waals surface area contributed by atoms with E-state index in [4.69, 9.17) is 11.6 Å². The zero-order chi connectivity index (χ0) is 13.8. The van der Waals surface area contributed by atoms with Crippen molar-refractivity contribution in [2.75, 3.05) is 0 Å². The smallest absolute Gasteiger partial charge is 0.175 e. The molecule has 0 aliphatic rings. The first-order valence-corrected chi connectivity index (χ1v) is 7.04. The molecule has 0 radical (unpaired) electrons. The molecule has 0 saturated carbocycles. The van der Waals surface area contributed by atoms with Crippen molar-refractivity contribution in [3.63, 3.8) is 0 Å². The number of benzene rings is 2. The molecule has 2 aromatic carbocycles. The van der Waals surface area contributed by atoms with Crippen LogP contribution in [0, 0.1) is 5.82 Å². The highest BCUT2D eigenvalue weighted by Gasteiger charge is 2.16. The maximum Gasteiger partial charge on any atom is 0.175 e. The van der Waals surface area contributed by atoms with Gasteiger partial charge < -0.3 is 0 Å². The van der Waals surface area contributed by atoms with Crippen LogP contribution in [0.4, 0.5) is 4.39 Å². The van der Waals surface area contributed by atoms with Crippen molar-refractivity contribution in [2.45, 2.75) is 17.1 Å². The average molecular weight is 295 g/mol. The van der Waals surface area contributed by atoms with E-state index in [9.17, 15) is 9.18 Å². The number of hydrogen-bond acceptors (Lipinski definition) is 2. The first kappa shape index (κ1) is 14.1. The Kier molecular flexibility index (Phi) is 4.61. The molecule has 0 aromatic heterocycles. The molecular formula is C15H12ClFOS. The molecule has 0 fully saturated rings. The summed E-state index contributed by atoms with van der Waals surface area (Å²) in [6, 6.07) is 13.0. The second-order valence-corrected chi connectivity index (χ2v) is 5.94. The fourth-order valence-electron chi connectivity index (χ4n) is 1.62.